The van der Waals surface area contributed by atoms with Gasteiger partial charge in [0.05, 0.1) is 17.8 Å². The lowest BCUT2D eigenvalue weighted by atomic mass is 9.95. The van der Waals surface area contributed by atoms with E-state index in [0.717, 1.165) is 65.4 Å². The number of aromatic nitrogens is 1. The van der Waals surface area contributed by atoms with E-state index < -0.39 is 0 Å². The van der Waals surface area contributed by atoms with Crippen molar-refractivity contribution in [3.05, 3.63) is 46.5 Å². The minimum Gasteiger partial charge on any atom is -0.491 e. The molecule has 0 bridgehead atoms. The summed E-state index contributed by atoms with van der Waals surface area (Å²) in [4.78, 5) is 21.1. The second kappa shape index (κ2) is 8.11. The fourth-order valence-corrected chi connectivity index (χ4v) is 6.44. The molecule has 178 valence electrons. The van der Waals surface area contributed by atoms with E-state index in [1.54, 1.807) is 0 Å². The van der Waals surface area contributed by atoms with Crippen LogP contribution >= 0.6 is 11.3 Å². The van der Waals surface area contributed by atoms with Gasteiger partial charge < -0.3 is 31.2 Å². The van der Waals surface area contributed by atoms with Gasteiger partial charge in [-0.2, -0.15) is 0 Å². The highest BCUT2D eigenvalue weighted by Gasteiger charge is 2.48. The van der Waals surface area contributed by atoms with Crippen LogP contribution in [0.25, 0.3) is 10.2 Å². The highest BCUT2D eigenvalue weighted by molar-refractivity contribution is 7.21. The zero-order chi connectivity index (χ0) is 23.4. The van der Waals surface area contributed by atoms with Crippen LogP contribution in [0.3, 0.4) is 0 Å². The molecule has 2 saturated heterocycles. The molecule has 3 aliphatic heterocycles. The minimum atomic E-state index is -0.213. The lowest BCUT2D eigenvalue weighted by Crippen LogP contribution is -2.46. The molecule has 5 heterocycles. The summed E-state index contributed by atoms with van der Waals surface area (Å²) in [5, 5.41) is 3.92. The highest BCUT2D eigenvalue weighted by Crippen LogP contribution is 2.38. The maximum Gasteiger partial charge on any atom is 0.263 e. The van der Waals surface area contributed by atoms with Gasteiger partial charge in [0.1, 0.15) is 27.7 Å². The Bertz CT molecular complexity index is 1270. The zero-order valence-corrected chi connectivity index (χ0v) is 20.0. The number of pyridine rings is 1. The van der Waals surface area contributed by atoms with Crippen LogP contribution in [-0.2, 0) is 11.2 Å². The van der Waals surface area contributed by atoms with Gasteiger partial charge in [-0.25, -0.2) is 4.98 Å². The summed E-state index contributed by atoms with van der Waals surface area (Å²) in [7, 11) is 0. The van der Waals surface area contributed by atoms with Gasteiger partial charge >= 0.3 is 0 Å². The average Bonchev–Trinajstić information content (AvgIpc) is 3.52. The summed E-state index contributed by atoms with van der Waals surface area (Å²) in [5.74, 6) is 0.686. The van der Waals surface area contributed by atoms with E-state index in [9.17, 15) is 4.79 Å². The number of carbonyl (C=O) groups excluding carboxylic acids is 1. The van der Waals surface area contributed by atoms with Gasteiger partial charge in [0.15, 0.2) is 0 Å². The third-order valence-corrected chi connectivity index (χ3v) is 8.40. The second-order valence-electron chi connectivity index (χ2n) is 9.63. The lowest BCUT2D eigenvalue weighted by Gasteiger charge is -2.28. The van der Waals surface area contributed by atoms with Crippen molar-refractivity contribution in [2.75, 3.05) is 36.9 Å². The molecule has 3 aromatic rings. The standard InChI is InChI=1S/C25H29N5O3S/c1-14-3-6-18-21(27)22(34-24(18)28-14)23(31)29-16-9-15-4-5-17(10-19(15)32-12-16)30-11-20(26)25(13-30)7-2-8-33-25/h3-6,10,16,20H,2,7-9,11-13,26-27H2,1H3,(H,29,31)/t16-,20+,25-/m1/s1. The van der Waals surface area contributed by atoms with Crippen molar-refractivity contribution in [1.29, 1.82) is 0 Å². The molecule has 3 aliphatic rings. The number of rotatable bonds is 3. The number of nitrogens with one attached hydrogen (secondary N) is 1. The first-order chi connectivity index (χ1) is 16.4. The normalized spacial score (nSPS) is 26.1. The molecule has 8 nitrogen and oxygen atoms in total. The molecule has 6 rings (SSSR count). The van der Waals surface area contributed by atoms with Crippen molar-refractivity contribution in [2.45, 2.75) is 43.9 Å². The van der Waals surface area contributed by atoms with Crippen LogP contribution in [-0.4, -0.2) is 54.9 Å². The zero-order valence-electron chi connectivity index (χ0n) is 19.2. The number of carbonyl (C=O) groups is 1. The number of thiophene rings is 1. The summed E-state index contributed by atoms with van der Waals surface area (Å²) in [6.07, 6.45) is 2.80. The van der Waals surface area contributed by atoms with Gasteiger partial charge in [0.2, 0.25) is 0 Å². The molecule has 34 heavy (non-hydrogen) atoms. The molecular weight excluding hydrogens is 450 g/mol. The Hall–Kier alpha value is -2.88. The molecule has 1 aromatic carbocycles. The third-order valence-electron chi connectivity index (χ3n) is 7.28. The molecule has 0 unspecified atom stereocenters. The monoisotopic (exact) mass is 479 g/mol. The van der Waals surface area contributed by atoms with Gasteiger partial charge in [-0.05, 0) is 49.9 Å². The van der Waals surface area contributed by atoms with Crippen LogP contribution in [0.2, 0.25) is 0 Å². The summed E-state index contributed by atoms with van der Waals surface area (Å²) in [6.45, 7) is 4.73. The summed E-state index contributed by atoms with van der Waals surface area (Å²) in [5.41, 5.74) is 16.1. The first kappa shape index (κ1) is 21.6. The van der Waals surface area contributed by atoms with Crippen molar-refractivity contribution < 1.29 is 14.3 Å². The number of nitrogens with two attached hydrogens (primary N) is 2. The largest absolute Gasteiger partial charge is 0.491 e. The molecule has 5 N–H and O–H groups in total. The van der Waals surface area contributed by atoms with Crippen LogP contribution in [0, 0.1) is 6.92 Å². The number of anilines is 2. The molecule has 1 amide bonds. The van der Waals surface area contributed by atoms with Crippen LogP contribution in [0.5, 0.6) is 5.75 Å². The maximum absolute atomic E-state index is 13.0. The van der Waals surface area contributed by atoms with Crippen molar-refractivity contribution in [3.63, 3.8) is 0 Å². The maximum atomic E-state index is 13.0. The van der Waals surface area contributed by atoms with Gasteiger partial charge in [-0.15, -0.1) is 11.3 Å². The Morgan fingerprint density at radius 2 is 2.21 bits per heavy atom. The number of hydrogen-bond donors (Lipinski definition) is 3. The van der Waals surface area contributed by atoms with Gasteiger partial charge in [-0.3, -0.25) is 4.79 Å². The first-order valence-corrected chi connectivity index (χ1v) is 12.6. The van der Waals surface area contributed by atoms with Crippen LogP contribution in [0.1, 0.15) is 33.8 Å². The van der Waals surface area contributed by atoms with Crippen LogP contribution in [0.15, 0.2) is 30.3 Å². The van der Waals surface area contributed by atoms with Crippen LogP contribution < -0.4 is 26.4 Å². The topological polar surface area (TPSA) is 116 Å². The average molecular weight is 480 g/mol. The number of aryl methyl sites for hydroxylation is 1. The molecule has 0 saturated carbocycles. The van der Waals surface area contributed by atoms with Crippen molar-refractivity contribution >= 4 is 38.8 Å². The smallest absolute Gasteiger partial charge is 0.263 e. The van der Waals surface area contributed by atoms with Gasteiger partial charge in [0, 0.05) is 42.5 Å². The molecular formula is C25H29N5O3S. The van der Waals surface area contributed by atoms with Crippen molar-refractivity contribution in [2.24, 2.45) is 5.73 Å². The number of hydrogen-bond acceptors (Lipinski definition) is 8. The Labute approximate surface area is 202 Å². The molecule has 3 atom stereocenters. The lowest BCUT2D eigenvalue weighted by molar-refractivity contribution is 0.0108. The number of ether oxygens (including phenoxy) is 2. The van der Waals surface area contributed by atoms with E-state index in [4.69, 9.17) is 20.9 Å². The number of nitrogens with zero attached hydrogens (tertiary/aromatic N) is 2. The molecule has 0 aliphatic carbocycles. The van der Waals surface area contributed by atoms with E-state index in [1.165, 1.54) is 11.3 Å². The second-order valence-corrected chi connectivity index (χ2v) is 10.6. The van der Waals surface area contributed by atoms with Crippen LogP contribution in [0.4, 0.5) is 11.4 Å². The minimum absolute atomic E-state index is 0.0204. The van der Waals surface area contributed by atoms with E-state index in [2.05, 4.69) is 33.4 Å². The predicted octanol–water partition coefficient (Wildman–Crippen LogP) is 2.62. The van der Waals surface area contributed by atoms with E-state index >= 15 is 0 Å². The number of amides is 1. The van der Waals surface area contributed by atoms with E-state index in [-0.39, 0.29) is 23.6 Å². The fourth-order valence-electron chi connectivity index (χ4n) is 5.40. The molecule has 2 fully saturated rings. The molecule has 2 aromatic heterocycles. The Morgan fingerprint density at radius 3 is 3.03 bits per heavy atom. The van der Waals surface area contributed by atoms with Crippen molar-refractivity contribution in [3.8, 4) is 5.75 Å². The Morgan fingerprint density at radius 1 is 1.32 bits per heavy atom. The summed E-state index contributed by atoms with van der Waals surface area (Å²) >= 11 is 1.33. The number of benzene rings is 1. The highest BCUT2D eigenvalue weighted by atomic mass is 32.1. The molecule has 9 heteroatoms. The van der Waals surface area contributed by atoms with Gasteiger partial charge in [-0.1, -0.05) is 6.07 Å². The molecule has 0 radical (unpaired) electrons. The Kier molecular flexibility index (Phi) is 5.16. The molecule has 1 spiro atoms. The first-order valence-electron chi connectivity index (χ1n) is 11.8. The van der Waals surface area contributed by atoms with E-state index in [0.29, 0.717) is 23.6 Å². The van der Waals surface area contributed by atoms with Crippen molar-refractivity contribution in [1.82, 2.24) is 10.3 Å². The number of fused-ring (bicyclic) bond motifs is 2. The fraction of sp³-hybridized carbons (Fsp3) is 0.440. The summed E-state index contributed by atoms with van der Waals surface area (Å²) in [6, 6.07) is 10.0. The van der Waals surface area contributed by atoms with Gasteiger partial charge in [0.25, 0.3) is 5.91 Å². The Balaban J connectivity index is 1.15. The quantitative estimate of drug-likeness (QED) is 0.529. The predicted molar refractivity (Wildman–Crippen MR) is 134 cm³/mol. The third kappa shape index (κ3) is 3.59. The number of nitrogen functional groups attached to an aromatic ring is 1. The summed E-state index contributed by atoms with van der Waals surface area (Å²) < 4.78 is 12.1. The SMILES string of the molecule is Cc1ccc2c(N)c(C(=O)N[C@H]3COc4cc(N5C[C@H](N)[C@@]6(CCCO6)C5)ccc4C3)sc2n1. The van der Waals surface area contributed by atoms with E-state index in [1.807, 2.05) is 19.1 Å².